The van der Waals surface area contributed by atoms with E-state index in [4.69, 9.17) is 0 Å². The molecule has 2 aliphatic rings. The summed E-state index contributed by atoms with van der Waals surface area (Å²) in [7, 11) is 1.77. The van der Waals surface area contributed by atoms with Gasteiger partial charge in [0.1, 0.15) is 0 Å². The monoisotopic (exact) mass is 357 g/mol. The molecule has 6 nitrogen and oxygen atoms in total. The van der Waals surface area contributed by atoms with Gasteiger partial charge in [-0.3, -0.25) is 9.79 Å². The van der Waals surface area contributed by atoms with E-state index < -0.39 is 0 Å². The normalized spacial score (nSPS) is 18.5. The first kappa shape index (κ1) is 18.5. The van der Waals surface area contributed by atoms with E-state index in [-0.39, 0.29) is 17.9 Å². The first-order valence-electron chi connectivity index (χ1n) is 9.77. The van der Waals surface area contributed by atoms with E-state index in [0.717, 1.165) is 31.9 Å². The summed E-state index contributed by atoms with van der Waals surface area (Å²) >= 11 is 0. The Kier molecular flexibility index (Phi) is 6.36. The molecular weight excluding hydrogens is 326 g/mol. The Morgan fingerprint density at radius 3 is 2.65 bits per heavy atom. The van der Waals surface area contributed by atoms with Crippen molar-refractivity contribution in [1.29, 1.82) is 0 Å². The molecule has 1 amide bonds. The number of nitrogens with one attached hydrogen (secondary N) is 3. The standard InChI is InChI=1S/C20H31N5O/c1-15(17-6-5-7-18(14-17)25-12-3-4-13-25)24-20(21-2)23-11-10-22-19(26)16-8-9-16/h5-7,14-16H,3-4,8-13H2,1-2H3,(H,22,26)(H2,21,23,24). The summed E-state index contributed by atoms with van der Waals surface area (Å²) < 4.78 is 0. The zero-order valence-corrected chi connectivity index (χ0v) is 15.9. The van der Waals surface area contributed by atoms with Crippen LogP contribution in [0.25, 0.3) is 0 Å². The summed E-state index contributed by atoms with van der Waals surface area (Å²) in [6.07, 6.45) is 4.64. The molecule has 1 saturated heterocycles. The van der Waals surface area contributed by atoms with Gasteiger partial charge in [-0.05, 0) is 50.3 Å². The number of anilines is 1. The van der Waals surface area contributed by atoms with Gasteiger partial charge in [-0.1, -0.05) is 12.1 Å². The highest BCUT2D eigenvalue weighted by atomic mass is 16.2. The molecule has 1 aliphatic carbocycles. The van der Waals surface area contributed by atoms with Gasteiger partial charge in [0, 0.05) is 44.8 Å². The van der Waals surface area contributed by atoms with E-state index in [1.165, 1.54) is 24.1 Å². The number of hydrogen-bond donors (Lipinski definition) is 3. The minimum absolute atomic E-state index is 0.157. The second kappa shape index (κ2) is 8.92. The molecule has 1 saturated carbocycles. The van der Waals surface area contributed by atoms with E-state index >= 15 is 0 Å². The first-order chi connectivity index (χ1) is 12.7. The third-order valence-corrected chi connectivity index (χ3v) is 5.08. The Balaban J connectivity index is 1.46. The van der Waals surface area contributed by atoms with Crippen molar-refractivity contribution in [2.45, 2.75) is 38.6 Å². The summed E-state index contributed by atoms with van der Waals surface area (Å²) in [4.78, 5) is 18.4. The number of benzene rings is 1. The Morgan fingerprint density at radius 2 is 1.96 bits per heavy atom. The summed E-state index contributed by atoms with van der Waals surface area (Å²) in [5, 5.41) is 9.66. The van der Waals surface area contributed by atoms with Crippen LogP contribution in [-0.4, -0.2) is 45.1 Å². The van der Waals surface area contributed by atoms with E-state index in [2.05, 4.69) is 57.0 Å². The molecule has 1 aromatic rings. The van der Waals surface area contributed by atoms with Crippen molar-refractivity contribution < 1.29 is 4.79 Å². The second-order valence-corrected chi connectivity index (χ2v) is 7.22. The van der Waals surface area contributed by atoms with Gasteiger partial charge in [0.2, 0.25) is 5.91 Å². The molecule has 3 N–H and O–H groups in total. The van der Waals surface area contributed by atoms with Crippen LogP contribution in [0.3, 0.4) is 0 Å². The van der Waals surface area contributed by atoms with Gasteiger partial charge >= 0.3 is 0 Å². The van der Waals surface area contributed by atoms with Crippen LogP contribution in [0.1, 0.15) is 44.2 Å². The Hall–Kier alpha value is -2.24. The smallest absolute Gasteiger partial charge is 0.223 e. The summed E-state index contributed by atoms with van der Waals surface area (Å²) in [6.45, 7) is 5.74. The van der Waals surface area contributed by atoms with Crippen molar-refractivity contribution in [3.05, 3.63) is 29.8 Å². The highest BCUT2D eigenvalue weighted by Gasteiger charge is 2.28. The zero-order valence-electron chi connectivity index (χ0n) is 15.9. The van der Waals surface area contributed by atoms with E-state index in [0.29, 0.717) is 13.1 Å². The van der Waals surface area contributed by atoms with E-state index in [1.54, 1.807) is 7.05 Å². The molecule has 0 spiro atoms. The lowest BCUT2D eigenvalue weighted by Gasteiger charge is -2.22. The molecule has 6 heteroatoms. The van der Waals surface area contributed by atoms with Gasteiger partial charge in [-0.25, -0.2) is 0 Å². The average molecular weight is 358 g/mol. The number of aliphatic imine (C=N–C) groups is 1. The third-order valence-electron chi connectivity index (χ3n) is 5.08. The molecule has 2 fully saturated rings. The van der Waals surface area contributed by atoms with Gasteiger partial charge < -0.3 is 20.9 Å². The highest BCUT2D eigenvalue weighted by molar-refractivity contribution is 5.81. The minimum atomic E-state index is 0.157. The lowest BCUT2D eigenvalue weighted by molar-refractivity contribution is -0.122. The predicted octanol–water partition coefficient (Wildman–Crippen LogP) is 2.04. The van der Waals surface area contributed by atoms with Gasteiger partial charge in [0.05, 0.1) is 6.04 Å². The van der Waals surface area contributed by atoms with Crippen LogP contribution in [-0.2, 0) is 4.79 Å². The number of carbonyl (C=O) groups excluding carboxylic acids is 1. The van der Waals surface area contributed by atoms with Crippen LogP contribution in [0.2, 0.25) is 0 Å². The quantitative estimate of drug-likeness (QED) is 0.397. The molecule has 0 bridgehead atoms. The van der Waals surface area contributed by atoms with Gasteiger partial charge in [-0.15, -0.1) is 0 Å². The number of amides is 1. The predicted molar refractivity (Wildman–Crippen MR) is 107 cm³/mol. The number of nitrogens with zero attached hydrogens (tertiary/aromatic N) is 2. The second-order valence-electron chi connectivity index (χ2n) is 7.22. The SMILES string of the molecule is CN=C(NCCNC(=O)C1CC1)NC(C)c1cccc(N2CCCC2)c1. The maximum atomic E-state index is 11.6. The molecule has 142 valence electrons. The van der Waals surface area contributed by atoms with Gasteiger partial charge in [0.15, 0.2) is 5.96 Å². The fourth-order valence-corrected chi connectivity index (χ4v) is 3.31. The Morgan fingerprint density at radius 1 is 1.23 bits per heavy atom. The van der Waals surface area contributed by atoms with Crippen molar-refractivity contribution in [2.75, 3.05) is 38.1 Å². The van der Waals surface area contributed by atoms with Crippen molar-refractivity contribution in [3.63, 3.8) is 0 Å². The summed E-state index contributed by atoms with van der Waals surface area (Å²) in [5.74, 6) is 1.20. The third kappa shape index (κ3) is 5.13. The zero-order chi connectivity index (χ0) is 18.4. The Bertz CT molecular complexity index is 635. The molecule has 3 rings (SSSR count). The Labute approximate surface area is 156 Å². The fourth-order valence-electron chi connectivity index (χ4n) is 3.31. The molecular formula is C20H31N5O. The molecule has 1 aliphatic heterocycles. The molecule has 0 radical (unpaired) electrons. The van der Waals surface area contributed by atoms with Crippen LogP contribution in [0, 0.1) is 5.92 Å². The minimum Gasteiger partial charge on any atom is -0.372 e. The highest BCUT2D eigenvalue weighted by Crippen LogP contribution is 2.28. The molecule has 1 heterocycles. The van der Waals surface area contributed by atoms with Crippen LogP contribution in [0.4, 0.5) is 5.69 Å². The average Bonchev–Trinajstić information content (AvgIpc) is 3.38. The van der Waals surface area contributed by atoms with Crippen LogP contribution in [0.15, 0.2) is 29.3 Å². The largest absolute Gasteiger partial charge is 0.372 e. The van der Waals surface area contributed by atoms with Crippen LogP contribution in [0.5, 0.6) is 0 Å². The topological polar surface area (TPSA) is 68.8 Å². The number of guanidine groups is 1. The van der Waals surface area contributed by atoms with Gasteiger partial charge in [0.25, 0.3) is 0 Å². The van der Waals surface area contributed by atoms with Gasteiger partial charge in [-0.2, -0.15) is 0 Å². The van der Waals surface area contributed by atoms with Crippen molar-refractivity contribution in [1.82, 2.24) is 16.0 Å². The van der Waals surface area contributed by atoms with E-state index in [1.807, 2.05) is 0 Å². The lowest BCUT2D eigenvalue weighted by atomic mass is 10.1. The van der Waals surface area contributed by atoms with Crippen molar-refractivity contribution >= 4 is 17.6 Å². The number of rotatable bonds is 7. The van der Waals surface area contributed by atoms with Crippen LogP contribution >= 0.6 is 0 Å². The van der Waals surface area contributed by atoms with Crippen molar-refractivity contribution in [2.24, 2.45) is 10.9 Å². The lowest BCUT2D eigenvalue weighted by Crippen LogP contribution is -2.42. The number of carbonyl (C=O) groups is 1. The van der Waals surface area contributed by atoms with Crippen LogP contribution < -0.4 is 20.9 Å². The molecule has 1 atom stereocenters. The fraction of sp³-hybridized carbons (Fsp3) is 0.600. The summed E-state index contributed by atoms with van der Waals surface area (Å²) in [5.41, 5.74) is 2.55. The molecule has 0 aromatic heterocycles. The van der Waals surface area contributed by atoms with Crippen molar-refractivity contribution in [3.8, 4) is 0 Å². The number of hydrogen-bond acceptors (Lipinski definition) is 3. The summed E-state index contributed by atoms with van der Waals surface area (Å²) in [6, 6.07) is 8.90. The first-order valence-corrected chi connectivity index (χ1v) is 9.77. The molecule has 1 aromatic carbocycles. The molecule has 26 heavy (non-hydrogen) atoms. The van der Waals surface area contributed by atoms with E-state index in [9.17, 15) is 4.79 Å². The maximum absolute atomic E-state index is 11.6. The maximum Gasteiger partial charge on any atom is 0.223 e. The molecule has 1 unspecified atom stereocenters.